The van der Waals surface area contributed by atoms with Crippen LogP contribution in [0.2, 0.25) is 0 Å². The topological polar surface area (TPSA) is 55.1 Å². The number of benzene rings is 1. The van der Waals surface area contributed by atoms with E-state index in [-0.39, 0.29) is 0 Å². The lowest BCUT2D eigenvalue weighted by molar-refractivity contribution is 0.624. The highest BCUT2D eigenvalue weighted by atomic mass is 32.2. The van der Waals surface area contributed by atoms with Gasteiger partial charge >= 0.3 is 0 Å². The van der Waals surface area contributed by atoms with E-state index in [2.05, 4.69) is 12.2 Å². The number of nitrogens with one attached hydrogen (secondary N) is 1. The molecule has 0 bridgehead atoms. The van der Waals surface area contributed by atoms with Crippen LogP contribution in [-0.4, -0.2) is 21.8 Å². The molecule has 2 rings (SSSR count). The van der Waals surface area contributed by atoms with Crippen LogP contribution in [0.3, 0.4) is 0 Å². The monoisotopic (exact) mass is 238 g/mol. The minimum atomic E-state index is -0.593. The summed E-state index contributed by atoms with van der Waals surface area (Å²) in [5.41, 5.74) is 8.87. The molecule has 1 aliphatic rings. The average Bonchev–Trinajstić information content (AvgIpc) is 2.27. The maximum atomic E-state index is 11.2. The lowest BCUT2D eigenvalue weighted by atomic mass is 10.1. The van der Waals surface area contributed by atoms with Crippen molar-refractivity contribution in [2.75, 3.05) is 22.6 Å². The predicted octanol–water partition coefficient (Wildman–Crippen LogP) is 1.90. The van der Waals surface area contributed by atoms with E-state index in [0.717, 1.165) is 35.7 Å². The molecule has 1 aromatic carbocycles. The van der Waals surface area contributed by atoms with Gasteiger partial charge in [-0.25, -0.2) is 0 Å². The fourth-order valence-electron chi connectivity index (χ4n) is 1.95. The van der Waals surface area contributed by atoms with Crippen molar-refractivity contribution in [1.82, 2.24) is 0 Å². The van der Waals surface area contributed by atoms with Crippen molar-refractivity contribution in [1.29, 1.82) is 0 Å². The first-order valence-electron chi connectivity index (χ1n) is 5.63. The van der Waals surface area contributed by atoms with Gasteiger partial charge in [-0.05, 0) is 37.5 Å². The highest BCUT2D eigenvalue weighted by Gasteiger charge is 2.17. The molecule has 0 atom stereocenters. The minimum absolute atomic E-state index is 0.443. The molecule has 1 heterocycles. The molecule has 1 fully saturated rings. The second-order valence-electron chi connectivity index (χ2n) is 4.34. The molecule has 1 aromatic rings. The summed E-state index contributed by atoms with van der Waals surface area (Å²) in [4.78, 5) is 0. The molecule has 0 aliphatic carbocycles. The largest absolute Gasteiger partial charge is 0.399 e. The molecule has 1 saturated heterocycles. The van der Waals surface area contributed by atoms with Crippen LogP contribution in [0.4, 0.5) is 11.4 Å². The van der Waals surface area contributed by atoms with Crippen LogP contribution in [0.5, 0.6) is 0 Å². The van der Waals surface area contributed by atoms with Gasteiger partial charge in [0.15, 0.2) is 0 Å². The Bertz CT molecular complexity index is 396. The second kappa shape index (κ2) is 4.87. The van der Waals surface area contributed by atoms with E-state index in [1.54, 1.807) is 0 Å². The van der Waals surface area contributed by atoms with Gasteiger partial charge < -0.3 is 11.1 Å². The molecule has 16 heavy (non-hydrogen) atoms. The fourth-order valence-corrected chi connectivity index (χ4v) is 3.25. The fraction of sp³-hybridized carbons (Fsp3) is 0.500. The van der Waals surface area contributed by atoms with Crippen molar-refractivity contribution in [3.63, 3.8) is 0 Å². The van der Waals surface area contributed by atoms with E-state index in [1.165, 1.54) is 5.56 Å². The Labute approximate surface area is 98.9 Å². The number of hydrogen-bond acceptors (Lipinski definition) is 3. The van der Waals surface area contributed by atoms with Gasteiger partial charge in [0.2, 0.25) is 0 Å². The standard InChI is InChI=1S/C12H18N2OS/c1-9-2-3-10(13)8-12(9)14-11-4-6-16(15)7-5-11/h2-3,8,11,14H,4-7,13H2,1H3. The van der Waals surface area contributed by atoms with Crippen molar-refractivity contribution in [2.24, 2.45) is 0 Å². The van der Waals surface area contributed by atoms with E-state index in [1.807, 2.05) is 18.2 Å². The van der Waals surface area contributed by atoms with Gasteiger partial charge in [-0.15, -0.1) is 0 Å². The van der Waals surface area contributed by atoms with Gasteiger partial charge in [0, 0.05) is 39.7 Å². The summed E-state index contributed by atoms with van der Waals surface area (Å²) < 4.78 is 11.2. The Morgan fingerprint density at radius 2 is 2.06 bits per heavy atom. The zero-order valence-electron chi connectivity index (χ0n) is 9.53. The smallest absolute Gasteiger partial charge is 0.0392 e. The third kappa shape index (κ3) is 2.76. The average molecular weight is 238 g/mol. The van der Waals surface area contributed by atoms with Crippen LogP contribution in [-0.2, 0) is 10.8 Å². The van der Waals surface area contributed by atoms with Gasteiger partial charge in [0.05, 0.1) is 0 Å². The summed E-state index contributed by atoms with van der Waals surface area (Å²) in [7, 11) is -0.593. The third-order valence-electron chi connectivity index (χ3n) is 3.01. The summed E-state index contributed by atoms with van der Waals surface area (Å²) in [5, 5.41) is 3.50. The number of aryl methyl sites for hydroxylation is 1. The lowest BCUT2D eigenvalue weighted by Crippen LogP contribution is -2.29. The predicted molar refractivity (Wildman–Crippen MR) is 70.1 cm³/mol. The number of nitrogens with two attached hydrogens (primary N) is 1. The molecule has 3 N–H and O–H groups in total. The van der Waals surface area contributed by atoms with E-state index in [4.69, 9.17) is 5.73 Å². The molecule has 0 spiro atoms. The van der Waals surface area contributed by atoms with Crippen LogP contribution < -0.4 is 11.1 Å². The lowest BCUT2D eigenvalue weighted by Gasteiger charge is -2.24. The van der Waals surface area contributed by atoms with Crippen molar-refractivity contribution in [2.45, 2.75) is 25.8 Å². The van der Waals surface area contributed by atoms with Crippen LogP contribution in [0, 0.1) is 6.92 Å². The molecule has 0 unspecified atom stereocenters. The number of hydrogen-bond donors (Lipinski definition) is 2. The third-order valence-corrected chi connectivity index (χ3v) is 4.39. The van der Waals surface area contributed by atoms with Crippen LogP contribution in [0.1, 0.15) is 18.4 Å². The van der Waals surface area contributed by atoms with E-state index < -0.39 is 10.8 Å². The zero-order chi connectivity index (χ0) is 11.5. The van der Waals surface area contributed by atoms with Gasteiger partial charge in [0.25, 0.3) is 0 Å². The van der Waals surface area contributed by atoms with Gasteiger partial charge in [0.1, 0.15) is 0 Å². The Kier molecular flexibility index (Phi) is 3.49. The second-order valence-corrected chi connectivity index (χ2v) is 6.04. The van der Waals surface area contributed by atoms with Crippen molar-refractivity contribution in [3.8, 4) is 0 Å². The van der Waals surface area contributed by atoms with Crippen molar-refractivity contribution in [3.05, 3.63) is 23.8 Å². The molecular formula is C12H18N2OS. The first kappa shape index (κ1) is 11.5. The highest BCUT2D eigenvalue weighted by molar-refractivity contribution is 7.85. The van der Waals surface area contributed by atoms with E-state index in [9.17, 15) is 4.21 Å². The first-order valence-corrected chi connectivity index (χ1v) is 7.11. The normalized spacial score (nSPS) is 25.3. The Balaban J connectivity index is 2.03. The maximum absolute atomic E-state index is 11.2. The SMILES string of the molecule is Cc1ccc(N)cc1NC1CCS(=O)CC1. The number of rotatable bonds is 2. The molecular weight excluding hydrogens is 220 g/mol. The molecule has 88 valence electrons. The zero-order valence-corrected chi connectivity index (χ0v) is 10.3. The van der Waals surface area contributed by atoms with Crippen LogP contribution >= 0.6 is 0 Å². The summed E-state index contributed by atoms with van der Waals surface area (Å²) in [5.74, 6) is 1.64. The molecule has 0 saturated carbocycles. The Morgan fingerprint density at radius 3 is 2.75 bits per heavy atom. The van der Waals surface area contributed by atoms with Crippen LogP contribution in [0.25, 0.3) is 0 Å². The molecule has 0 aromatic heterocycles. The summed E-state index contributed by atoms with van der Waals surface area (Å²) in [6, 6.07) is 6.36. The van der Waals surface area contributed by atoms with Crippen LogP contribution in [0.15, 0.2) is 18.2 Å². The Hall–Kier alpha value is -1.03. The molecule has 1 aliphatic heterocycles. The number of nitrogen functional groups attached to an aromatic ring is 1. The van der Waals surface area contributed by atoms with Crippen molar-refractivity contribution < 1.29 is 4.21 Å². The summed E-state index contributed by atoms with van der Waals surface area (Å²) >= 11 is 0. The van der Waals surface area contributed by atoms with Crippen molar-refractivity contribution >= 4 is 22.2 Å². The molecule has 0 radical (unpaired) electrons. The quantitative estimate of drug-likeness (QED) is 0.774. The first-order chi connectivity index (χ1) is 7.65. The molecule has 4 heteroatoms. The highest BCUT2D eigenvalue weighted by Crippen LogP contribution is 2.22. The van der Waals surface area contributed by atoms with Gasteiger partial charge in [-0.1, -0.05) is 6.07 Å². The van der Waals surface area contributed by atoms with E-state index in [0.29, 0.717) is 6.04 Å². The van der Waals surface area contributed by atoms with E-state index >= 15 is 0 Å². The summed E-state index contributed by atoms with van der Waals surface area (Å²) in [6.07, 6.45) is 1.97. The molecule has 3 nitrogen and oxygen atoms in total. The maximum Gasteiger partial charge on any atom is 0.0392 e. The van der Waals surface area contributed by atoms with Gasteiger partial charge in [-0.3, -0.25) is 4.21 Å². The van der Waals surface area contributed by atoms with Gasteiger partial charge in [-0.2, -0.15) is 0 Å². The summed E-state index contributed by atoms with van der Waals surface area (Å²) in [6.45, 7) is 2.07. The number of anilines is 2. The Morgan fingerprint density at radius 1 is 1.38 bits per heavy atom. The minimum Gasteiger partial charge on any atom is -0.399 e. The molecule has 0 amide bonds.